The summed E-state index contributed by atoms with van der Waals surface area (Å²) >= 11 is 1.54. The topological polar surface area (TPSA) is 70.1 Å². The number of carbonyl (C=O) groups is 3. The van der Waals surface area contributed by atoms with Gasteiger partial charge in [0.2, 0.25) is 11.8 Å². The lowest BCUT2D eigenvalue weighted by molar-refractivity contribution is -0.149. The number of hydrogen-bond acceptors (Lipinski definition) is 5. The van der Waals surface area contributed by atoms with Crippen LogP contribution < -0.4 is 0 Å². The first-order valence-electron chi connectivity index (χ1n) is 9.62. The van der Waals surface area contributed by atoms with Crippen molar-refractivity contribution >= 4 is 34.7 Å². The first-order valence-corrected chi connectivity index (χ1v) is 10.6. The predicted molar refractivity (Wildman–Crippen MR) is 108 cm³/mol. The van der Waals surface area contributed by atoms with Crippen molar-refractivity contribution in [3.63, 3.8) is 0 Å². The molecule has 28 heavy (non-hydrogen) atoms. The van der Waals surface area contributed by atoms with Gasteiger partial charge in [-0.05, 0) is 25.3 Å². The summed E-state index contributed by atoms with van der Waals surface area (Å²) in [6, 6.07) is 9.06. The summed E-state index contributed by atoms with van der Waals surface area (Å²) in [5.41, 5.74) is 1.07. The molecular weight excluding hydrogens is 374 g/mol. The summed E-state index contributed by atoms with van der Waals surface area (Å²) in [5.74, 6) is -0.517. The second-order valence-electron chi connectivity index (χ2n) is 7.30. The van der Waals surface area contributed by atoms with Crippen LogP contribution in [0, 0.1) is 11.8 Å². The number of carbonyl (C=O) groups excluding carboxylic acids is 3. The highest BCUT2D eigenvalue weighted by molar-refractivity contribution is 8.14. The Balaban J connectivity index is 1.48. The molecule has 0 unspecified atom stereocenters. The molecule has 6 nitrogen and oxygen atoms in total. The molecule has 1 aliphatic carbocycles. The van der Waals surface area contributed by atoms with Crippen molar-refractivity contribution < 1.29 is 14.4 Å². The first kappa shape index (κ1) is 18.9. The molecule has 3 amide bonds. The van der Waals surface area contributed by atoms with Gasteiger partial charge in [0, 0.05) is 12.3 Å². The van der Waals surface area contributed by atoms with E-state index in [0.717, 1.165) is 11.3 Å². The molecule has 0 aromatic heterocycles. The molecule has 0 saturated carbocycles. The zero-order chi connectivity index (χ0) is 19.7. The maximum Gasteiger partial charge on any atom is 0.251 e. The molecule has 1 aromatic rings. The Morgan fingerprint density at radius 3 is 2.43 bits per heavy atom. The minimum Gasteiger partial charge on any atom is -0.289 e. The van der Waals surface area contributed by atoms with Crippen molar-refractivity contribution in [2.24, 2.45) is 16.8 Å². The number of nitrogens with zero attached hydrogens (tertiary/aromatic N) is 3. The monoisotopic (exact) mass is 397 g/mol. The van der Waals surface area contributed by atoms with Gasteiger partial charge in [-0.3, -0.25) is 29.2 Å². The van der Waals surface area contributed by atoms with E-state index in [1.165, 1.54) is 16.7 Å². The van der Waals surface area contributed by atoms with Crippen LogP contribution in [0.2, 0.25) is 0 Å². The van der Waals surface area contributed by atoms with E-state index in [2.05, 4.69) is 4.99 Å². The molecular formula is C21H23N3O3S. The van der Waals surface area contributed by atoms with Gasteiger partial charge < -0.3 is 0 Å². The number of amides is 3. The Kier molecular flexibility index (Phi) is 5.35. The van der Waals surface area contributed by atoms with Crippen LogP contribution >= 0.6 is 11.8 Å². The number of allylic oxidation sites excluding steroid dienone is 2. The molecule has 146 valence electrons. The third-order valence-corrected chi connectivity index (χ3v) is 6.56. The molecule has 1 aromatic carbocycles. The number of imide groups is 1. The summed E-state index contributed by atoms with van der Waals surface area (Å²) in [6.07, 6.45) is 5.06. The number of fused-ring (bicyclic) bond motifs is 1. The second-order valence-corrected chi connectivity index (χ2v) is 8.36. The van der Waals surface area contributed by atoms with E-state index in [1.807, 2.05) is 42.5 Å². The SMILES string of the molecule is C[C@@H](C(=O)N1CCSC1=NCc1ccccc1)N1C(=O)[C@H]2CC=CC[C@H]2C1=O. The highest BCUT2D eigenvalue weighted by Gasteiger charge is 2.51. The molecule has 0 spiro atoms. The van der Waals surface area contributed by atoms with Gasteiger partial charge in [0.1, 0.15) is 6.04 Å². The standard InChI is InChI=1S/C21H23N3O3S/c1-14(24-19(26)16-9-5-6-10-17(16)20(24)27)18(25)23-11-12-28-21(23)22-13-15-7-3-2-4-8-15/h2-8,14,16-17H,9-13H2,1H3/t14-,16-,17+/m0/s1. The molecule has 0 bridgehead atoms. The quantitative estimate of drug-likeness (QED) is 0.578. The first-order chi connectivity index (χ1) is 13.6. The average Bonchev–Trinajstić information content (AvgIpc) is 3.29. The highest BCUT2D eigenvalue weighted by Crippen LogP contribution is 2.36. The van der Waals surface area contributed by atoms with Gasteiger partial charge in [-0.25, -0.2) is 0 Å². The molecule has 3 atom stereocenters. The number of amidine groups is 1. The van der Waals surface area contributed by atoms with E-state index in [9.17, 15) is 14.4 Å². The largest absolute Gasteiger partial charge is 0.289 e. The lowest BCUT2D eigenvalue weighted by Gasteiger charge is -2.26. The van der Waals surface area contributed by atoms with E-state index in [4.69, 9.17) is 0 Å². The summed E-state index contributed by atoms with van der Waals surface area (Å²) in [5, 5.41) is 0.666. The number of hydrogen-bond donors (Lipinski definition) is 0. The Morgan fingerprint density at radius 1 is 1.14 bits per heavy atom. The Morgan fingerprint density at radius 2 is 1.79 bits per heavy atom. The van der Waals surface area contributed by atoms with E-state index >= 15 is 0 Å². The van der Waals surface area contributed by atoms with Crippen LogP contribution in [-0.4, -0.2) is 51.0 Å². The van der Waals surface area contributed by atoms with Gasteiger partial charge >= 0.3 is 0 Å². The van der Waals surface area contributed by atoms with Crippen molar-refractivity contribution in [3.8, 4) is 0 Å². The van der Waals surface area contributed by atoms with Crippen LogP contribution in [0.25, 0.3) is 0 Å². The summed E-state index contributed by atoms with van der Waals surface area (Å²) in [4.78, 5) is 46.1. The fourth-order valence-electron chi connectivity index (χ4n) is 4.02. The Bertz CT molecular complexity index is 826. The number of benzene rings is 1. The summed E-state index contributed by atoms with van der Waals surface area (Å²) in [6.45, 7) is 2.70. The van der Waals surface area contributed by atoms with E-state index in [0.29, 0.717) is 31.1 Å². The van der Waals surface area contributed by atoms with Gasteiger partial charge in [-0.15, -0.1) is 0 Å². The average molecular weight is 398 g/mol. The van der Waals surface area contributed by atoms with Gasteiger partial charge in [-0.2, -0.15) is 0 Å². The van der Waals surface area contributed by atoms with Crippen LogP contribution in [0.1, 0.15) is 25.3 Å². The molecule has 2 heterocycles. The molecule has 3 aliphatic rings. The van der Waals surface area contributed by atoms with Gasteiger partial charge in [0.15, 0.2) is 5.17 Å². The van der Waals surface area contributed by atoms with E-state index in [-0.39, 0.29) is 29.6 Å². The lowest BCUT2D eigenvalue weighted by atomic mass is 9.85. The van der Waals surface area contributed by atoms with E-state index in [1.54, 1.807) is 11.8 Å². The van der Waals surface area contributed by atoms with Crippen molar-refractivity contribution in [2.45, 2.75) is 32.4 Å². The van der Waals surface area contributed by atoms with Crippen LogP contribution in [0.15, 0.2) is 47.5 Å². The molecule has 2 fully saturated rings. The lowest BCUT2D eigenvalue weighted by Crippen LogP contribution is -2.50. The molecule has 0 N–H and O–H groups in total. The maximum atomic E-state index is 13.1. The zero-order valence-electron chi connectivity index (χ0n) is 15.8. The van der Waals surface area contributed by atoms with Gasteiger partial charge in [0.05, 0.1) is 18.4 Å². The van der Waals surface area contributed by atoms with Gasteiger partial charge in [-0.1, -0.05) is 54.2 Å². The van der Waals surface area contributed by atoms with Crippen LogP contribution in [0.3, 0.4) is 0 Å². The fourth-order valence-corrected chi connectivity index (χ4v) is 4.97. The summed E-state index contributed by atoms with van der Waals surface area (Å²) in [7, 11) is 0. The number of aliphatic imine (C=N–C) groups is 1. The zero-order valence-corrected chi connectivity index (χ0v) is 16.6. The molecule has 4 rings (SSSR count). The van der Waals surface area contributed by atoms with Crippen molar-refractivity contribution in [1.82, 2.24) is 9.80 Å². The Hall–Kier alpha value is -2.41. The third kappa shape index (κ3) is 3.39. The van der Waals surface area contributed by atoms with Crippen molar-refractivity contribution in [2.75, 3.05) is 12.3 Å². The molecule has 7 heteroatoms. The van der Waals surface area contributed by atoms with Crippen LogP contribution in [-0.2, 0) is 20.9 Å². The number of likely N-dealkylation sites (tertiary alicyclic amines) is 1. The third-order valence-electron chi connectivity index (χ3n) is 5.57. The minimum absolute atomic E-state index is 0.213. The highest BCUT2D eigenvalue weighted by atomic mass is 32.2. The second kappa shape index (κ2) is 7.91. The van der Waals surface area contributed by atoms with E-state index < -0.39 is 6.04 Å². The van der Waals surface area contributed by atoms with Crippen molar-refractivity contribution in [3.05, 3.63) is 48.0 Å². The van der Waals surface area contributed by atoms with Gasteiger partial charge in [0.25, 0.3) is 5.91 Å². The molecule has 0 radical (unpaired) electrons. The van der Waals surface area contributed by atoms with Crippen molar-refractivity contribution in [1.29, 1.82) is 0 Å². The molecule has 2 aliphatic heterocycles. The summed E-state index contributed by atoms with van der Waals surface area (Å²) < 4.78 is 0. The smallest absolute Gasteiger partial charge is 0.251 e. The Labute approximate surface area is 168 Å². The molecule has 2 saturated heterocycles. The van der Waals surface area contributed by atoms with Crippen LogP contribution in [0.4, 0.5) is 0 Å². The number of rotatable bonds is 4. The number of thioether (sulfide) groups is 1. The maximum absolute atomic E-state index is 13.1. The predicted octanol–water partition coefficient (Wildman–Crippen LogP) is 2.46. The fraction of sp³-hybridized carbons (Fsp3) is 0.429. The minimum atomic E-state index is -0.800. The van der Waals surface area contributed by atoms with Crippen LogP contribution in [0.5, 0.6) is 0 Å². The normalized spacial score (nSPS) is 26.8.